The van der Waals surface area contributed by atoms with Crippen LogP contribution in [0.4, 0.5) is 0 Å². The van der Waals surface area contributed by atoms with Crippen molar-refractivity contribution in [3.63, 3.8) is 0 Å². The van der Waals surface area contributed by atoms with Crippen molar-refractivity contribution in [1.29, 1.82) is 0 Å². The third-order valence-electron chi connectivity index (χ3n) is 2.72. The highest BCUT2D eigenvalue weighted by atomic mass is 16.1. The molecule has 4 heteroatoms. The molecule has 1 saturated heterocycles. The van der Waals surface area contributed by atoms with Crippen LogP contribution in [0, 0.1) is 6.92 Å². The van der Waals surface area contributed by atoms with Gasteiger partial charge in [-0.1, -0.05) is 0 Å². The van der Waals surface area contributed by atoms with E-state index in [9.17, 15) is 4.79 Å². The van der Waals surface area contributed by atoms with Crippen LogP contribution in [0.1, 0.15) is 30.1 Å². The minimum Gasteiger partial charge on any atom is -0.317 e. The summed E-state index contributed by atoms with van der Waals surface area (Å²) in [7, 11) is 0. The molecule has 14 heavy (non-hydrogen) atoms. The Morgan fingerprint density at radius 3 is 2.79 bits per heavy atom. The van der Waals surface area contributed by atoms with Crippen molar-refractivity contribution in [2.45, 2.75) is 25.7 Å². The fraction of sp³-hybridized carbons (Fsp3) is 0.600. The standard InChI is InChI=1S/C10H15N3O/c1-7-6-12-9(13-10(7)14)8-2-4-11-5-3-8/h6,8,11H,2-5H2,1H3,(H,12,13,14). The average Bonchev–Trinajstić information content (AvgIpc) is 2.23. The first-order valence-electron chi connectivity index (χ1n) is 5.04. The van der Waals surface area contributed by atoms with E-state index < -0.39 is 0 Å². The third-order valence-corrected chi connectivity index (χ3v) is 2.72. The molecule has 1 aliphatic heterocycles. The summed E-state index contributed by atoms with van der Waals surface area (Å²) in [6.45, 7) is 3.81. The zero-order chi connectivity index (χ0) is 9.97. The van der Waals surface area contributed by atoms with E-state index in [1.807, 2.05) is 0 Å². The maximum atomic E-state index is 11.4. The van der Waals surface area contributed by atoms with Gasteiger partial charge in [-0.15, -0.1) is 0 Å². The van der Waals surface area contributed by atoms with Crippen LogP contribution >= 0.6 is 0 Å². The van der Waals surface area contributed by atoms with Gasteiger partial charge in [0, 0.05) is 17.7 Å². The Hall–Kier alpha value is -1.16. The van der Waals surface area contributed by atoms with Gasteiger partial charge in [-0.05, 0) is 32.9 Å². The molecule has 0 aliphatic carbocycles. The molecule has 1 aromatic heterocycles. The summed E-state index contributed by atoms with van der Waals surface area (Å²) in [4.78, 5) is 18.5. The molecule has 0 saturated carbocycles. The molecule has 2 heterocycles. The molecule has 76 valence electrons. The molecule has 0 spiro atoms. The highest BCUT2D eigenvalue weighted by molar-refractivity contribution is 5.06. The first-order valence-corrected chi connectivity index (χ1v) is 5.04. The van der Waals surface area contributed by atoms with Crippen molar-refractivity contribution in [2.75, 3.05) is 13.1 Å². The average molecular weight is 193 g/mol. The molecule has 0 amide bonds. The first-order chi connectivity index (χ1) is 6.77. The Morgan fingerprint density at radius 1 is 1.43 bits per heavy atom. The van der Waals surface area contributed by atoms with Gasteiger partial charge in [0.2, 0.25) is 0 Å². The zero-order valence-corrected chi connectivity index (χ0v) is 8.34. The Kier molecular flexibility index (Phi) is 2.63. The smallest absolute Gasteiger partial charge is 0.253 e. The van der Waals surface area contributed by atoms with Crippen LogP contribution in [-0.2, 0) is 0 Å². The van der Waals surface area contributed by atoms with Gasteiger partial charge >= 0.3 is 0 Å². The highest BCUT2D eigenvalue weighted by Gasteiger charge is 2.17. The minimum absolute atomic E-state index is 0.00599. The van der Waals surface area contributed by atoms with Crippen LogP contribution in [-0.4, -0.2) is 23.1 Å². The number of nitrogens with one attached hydrogen (secondary N) is 2. The van der Waals surface area contributed by atoms with Gasteiger partial charge in [0.25, 0.3) is 5.56 Å². The molecular weight excluding hydrogens is 178 g/mol. The molecule has 2 rings (SSSR count). The summed E-state index contributed by atoms with van der Waals surface area (Å²) in [6, 6.07) is 0. The van der Waals surface area contributed by atoms with Gasteiger partial charge < -0.3 is 10.3 Å². The summed E-state index contributed by atoms with van der Waals surface area (Å²) in [5.41, 5.74) is 0.677. The molecular formula is C10H15N3O. The SMILES string of the molecule is Cc1cnc(C2CCNCC2)[nH]c1=O. The van der Waals surface area contributed by atoms with Crippen molar-refractivity contribution >= 4 is 0 Å². The molecule has 0 atom stereocenters. The van der Waals surface area contributed by atoms with Gasteiger partial charge in [-0.3, -0.25) is 4.79 Å². The second-order valence-corrected chi connectivity index (χ2v) is 3.80. The van der Waals surface area contributed by atoms with Gasteiger partial charge in [0.15, 0.2) is 0 Å². The van der Waals surface area contributed by atoms with Crippen LogP contribution < -0.4 is 10.9 Å². The van der Waals surface area contributed by atoms with Gasteiger partial charge in [-0.25, -0.2) is 4.98 Å². The van der Waals surface area contributed by atoms with Crippen LogP contribution in [0.5, 0.6) is 0 Å². The molecule has 0 radical (unpaired) electrons. The Labute approximate surface area is 82.8 Å². The lowest BCUT2D eigenvalue weighted by Crippen LogP contribution is -2.28. The molecule has 1 aliphatic rings. The van der Waals surface area contributed by atoms with E-state index in [-0.39, 0.29) is 5.56 Å². The van der Waals surface area contributed by atoms with Crippen molar-refractivity contribution in [2.24, 2.45) is 0 Å². The Morgan fingerprint density at radius 2 is 2.14 bits per heavy atom. The lowest BCUT2D eigenvalue weighted by atomic mass is 9.97. The molecule has 4 nitrogen and oxygen atoms in total. The van der Waals surface area contributed by atoms with E-state index in [1.165, 1.54) is 0 Å². The number of aryl methyl sites for hydroxylation is 1. The normalized spacial score (nSPS) is 18.4. The molecule has 1 fully saturated rings. The summed E-state index contributed by atoms with van der Waals surface area (Å²) in [5.74, 6) is 1.27. The monoisotopic (exact) mass is 193 g/mol. The lowest BCUT2D eigenvalue weighted by Gasteiger charge is -2.21. The molecule has 0 bridgehead atoms. The van der Waals surface area contributed by atoms with E-state index in [0.717, 1.165) is 31.8 Å². The number of aromatic nitrogens is 2. The minimum atomic E-state index is -0.00599. The molecule has 0 unspecified atom stereocenters. The molecule has 1 aromatic rings. The summed E-state index contributed by atoms with van der Waals surface area (Å²) in [5, 5.41) is 3.29. The van der Waals surface area contributed by atoms with E-state index in [1.54, 1.807) is 13.1 Å². The van der Waals surface area contributed by atoms with Crippen molar-refractivity contribution < 1.29 is 0 Å². The van der Waals surface area contributed by atoms with E-state index in [4.69, 9.17) is 0 Å². The number of piperidine rings is 1. The maximum absolute atomic E-state index is 11.4. The molecule has 0 aromatic carbocycles. The predicted molar refractivity (Wildman–Crippen MR) is 54.4 cm³/mol. The first kappa shape index (κ1) is 9.40. The fourth-order valence-electron chi connectivity index (χ4n) is 1.78. The Bertz CT molecular complexity index is 366. The van der Waals surface area contributed by atoms with Crippen molar-refractivity contribution in [3.8, 4) is 0 Å². The van der Waals surface area contributed by atoms with Crippen molar-refractivity contribution in [1.82, 2.24) is 15.3 Å². The number of aromatic amines is 1. The summed E-state index contributed by atoms with van der Waals surface area (Å²) < 4.78 is 0. The number of hydrogen-bond donors (Lipinski definition) is 2. The van der Waals surface area contributed by atoms with Gasteiger partial charge in [0.05, 0.1) is 0 Å². The number of H-pyrrole nitrogens is 1. The van der Waals surface area contributed by atoms with Crippen molar-refractivity contribution in [3.05, 3.63) is 27.9 Å². The maximum Gasteiger partial charge on any atom is 0.253 e. The Balaban J connectivity index is 2.23. The number of nitrogens with zero attached hydrogens (tertiary/aromatic N) is 1. The van der Waals surface area contributed by atoms with Gasteiger partial charge in [0.1, 0.15) is 5.82 Å². The highest BCUT2D eigenvalue weighted by Crippen LogP contribution is 2.20. The van der Waals surface area contributed by atoms with Gasteiger partial charge in [-0.2, -0.15) is 0 Å². The number of rotatable bonds is 1. The van der Waals surface area contributed by atoms with E-state index >= 15 is 0 Å². The second-order valence-electron chi connectivity index (χ2n) is 3.80. The topological polar surface area (TPSA) is 57.8 Å². The summed E-state index contributed by atoms with van der Waals surface area (Å²) in [6.07, 6.45) is 3.79. The third kappa shape index (κ3) is 1.85. The lowest BCUT2D eigenvalue weighted by molar-refractivity contribution is 0.444. The number of hydrogen-bond acceptors (Lipinski definition) is 3. The largest absolute Gasteiger partial charge is 0.317 e. The van der Waals surface area contributed by atoms with Crippen LogP contribution in [0.25, 0.3) is 0 Å². The second kappa shape index (κ2) is 3.92. The summed E-state index contributed by atoms with van der Waals surface area (Å²) >= 11 is 0. The fourth-order valence-corrected chi connectivity index (χ4v) is 1.78. The quantitative estimate of drug-likeness (QED) is 0.684. The van der Waals surface area contributed by atoms with Crippen LogP contribution in [0.2, 0.25) is 0 Å². The molecule has 2 N–H and O–H groups in total. The van der Waals surface area contributed by atoms with E-state index in [0.29, 0.717) is 11.5 Å². The zero-order valence-electron chi connectivity index (χ0n) is 8.34. The van der Waals surface area contributed by atoms with Crippen LogP contribution in [0.3, 0.4) is 0 Å². The van der Waals surface area contributed by atoms with Crippen LogP contribution in [0.15, 0.2) is 11.0 Å². The van der Waals surface area contributed by atoms with E-state index in [2.05, 4.69) is 15.3 Å². The predicted octanol–water partition coefficient (Wildman–Crippen LogP) is 0.545.